The Hall–Kier alpha value is -3.43. The SMILES string of the molecule is C[C@@H](NC(=O)c1nc(-c2ccc(NC(=O)OC(C)(C)C)cn2)[nH]c(=O)c1O)C1CCCCC1. The van der Waals surface area contributed by atoms with Crippen LogP contribution in [0.5, 0.6) is 5.75 Å². The third kappa shape index (κ3) is 6.53. The van der Waals surface area contributed by atoms with E-state index >= 15 is 0 Å². The largest absolute Gasteiger partial charge is 0.501 e. The highest BCUT2D eigenvalue weighted by molar-refractivity contribution is 5.95. The van der Waals surface area contributed by atoms with E-state index in [4.69, 9.17) is 4.74 Å². The third-order valence-electron chi connectivity index (χ3n) is 5.48. The van der Waals surface area contributed by atoms with Crippen molar-refractivity contribution in [3.05, 3.63) is 34.4 Å². The number of carbonyl (C=O) groups excluding carboxylic acids is 2. The number of hydrogen-bond donors (Lipinski definition) is 4. The average molecular weight is 458 g/mol. The van der Waals surface area contributed by atoms with Gasteiger partial charge in [-0.15, -0.1) is 0 Å². The fourth-order valence-corrected chi connectivity index (χ4v) is 3.80. The number of rotatable bonds is 5. The van der Waals surface area contributed by atoms with Crippen molar-refractivity contribution in [2.45, 2.75) is 71.4 Å². The van der Waals surface area contributed by atoms with Crippen LogP contribution in [0, 0.1) is 5.92 Å². The Morgan fingerprint density at radius 2 is 1.91 bits per heavy atom. The first kappa shape index (κ1) is 24.2. The number of aromatic amines is 1. The van der Waals surface area contributed by atoms with Crippen molar-refractivity contribution in [2.24, 2.45) is 5.92 Å². The molecule has 33 heavy (non-hydrogen) atoms. The van der Waals surface area contributed by atoms with Gasteiger partial charge < -0.3 is 20.1 Å². The number of nitrogens with zero attached hydrogens (tertiary/aromatic N) is 2. The van der Waals surface area contributed by atoms with Gasteiger partial charge in [0.1, 0.15) is 11.3 Å². The zero-order valence-electron chi connectivity index (χ0n) is 19.4. The topological polar surface area (TPSA) is 146 Å². The van der Waals surface area contributed by atoms with Crippen molar-refractivity contribution < 1.29 is 19.4 Å². The minimum absolute atomic E-state index is 0.0251. The first-order chi connectivity index (χ1) is 15.5. The number of H-pyrrole nitrogens is 1. The fraction of sp³-hybridized carbons (Fsp3) is 0.522. The van der Waals surface area contributed by atoms with Crippen molar-refractivity contribution in [1.82, 2.24) is 20.3 Å². The van der Waals surface area contributed by atoms with Gasteiger partial charge in [0.05, 0.1) is 11.9 Å². The average Bonchev–Trinajstić information content (AvgIpc) is 2.75. The molecule has 4 N–H and O–H groups in total. The third-order valence-corrected chi connectivity index (χ3v) is 5.48. The standard InChI is InChI=1S/C23H31N5O5/c1-13(14-8-6-5-7-9-14)25-20(30)17-18(29)21(31)28-19(27-17)16-11-10-15(12-24-16)26-22(32)33-23(2,3)4/h10-14,29H,5-9H2,1-4H3,(H,25,30)(H,26,32)(H,27,28,31)/t13-/m1/s1. The summed E-state index contributed by atoms with van der Waals surface area (Å²) >= 11 is 0. The Morgan fingerprint density at radius 1 is 1.21 bits per heavy atom. The molecule has 2 aromatic rings. The van der Waals surface area contributed by atoms with E-state index in [9.17, 15) is 19.5 Å². The minimum Gasteiger partial charge on any atom is -0.501 e. The smallest absolute Gasteiger partial charge is 0.412 e. The lowest BCUT2D eigenvalue weighted by molar-refractivity contribution is 0.0635. The zero-order chi connectivity index (χ0) is 24.2. The Labute approximate surface area is 192 Å². The highest BCUT2D eigenvalue weighted by atomic mass is 16.6. The minimum atomic E-state index is -0.840. The van der Waals surface area contributed by atoms with Gasteiger partial charge in [-0.1, -0.05) is 19.3 Å². The van der Waals surface area contributed by atoms with Crippen LogP contribution in [-0.2, 0) is 4.74 Å². The number of nitrogens with one attached hydrogen (secondary N) is 3. The molecule has 0 radical (unpaired) electrons. The van der Waals surface area contributed by atoms with Crippen molar-refractivity contribution >= 4 is 17.7 Å². The van der Waals surface area contributed by atoms with E-state index in [0.29, 0.717) is 11.6 Å². The molecule has 1 aliphatic carbocycles. The molecule has 2 amide bonds. The van der Waals surface area contributed by atoms with E-state index in [-0.39, 0.29) is 23.3 Å². The van der Waals surface area contributed by atoms with E-state index in [1.165, 1.54) is 18.7 Å². The van der Waals surface area contributed by atoms with Crippen LogP contribution in [0.15, 0.2) is 23.1 Å². The van der Waals surface area contributed by atoms with Crippen LogP contribution < -0.4 is 16.2 Å². The van der Waals surface area contributed by atoms with Gasteiger partial charge in [-0.05, 0) is 58.6 Å². The maximum Gasteiger partial charge on any atom is 0.412 e. The van der Waals surface area contributed by atoms with Crippen LogP contribution in [0.1, 0.15) is 70.3 Å². The summed E-state index contributed by atoms with van der Waals surface area (Å²) in [5.74, 6) is -0.966. The summed E-state index contributed by atoms with van der Waals surface area (Å²) in [6, 6.07) is 2.98. The number of anilines is 1. The fourth-order valence-electron chi connectivity index (χ4n) is 3.80. The summed E-state index contributed by atoms with van der Waals surface area (Å²) in [5.41, 5.74) is -1.19. The predicted molar refractivity (Wildman–Crippen MR) is 123 cm³/mol. The first-order valence-corrected chi connectivity index (χ1v) is 11.1. The second kappa shape index (κ2) is 10.0. The molecule has 0 saturated heterocycles. The van der Waals surface area contributed by atoms with Gasteiger partial charge in [-0.2, -0.15) is 0 Å². The van der Waals surface area contributed by atoms with Crippen molar-refractivity contribution in [3.8, 4) is 17.3 Å². The lowest BCUT2D eigenvalue weighted by Crippen LogP contribution is -2.39. The maximum atomic E-state index is 12.8. The quantitative estimate of drug-likeness (QED) is 0.536. The Kier molecular flexibility index (Phi) is 7.35. The molecule has 0 spiro atoms. The molecule has 2 aromatic heterocycles. The summed E-state index contributed by atoms with van der Waals surface area (Å²) in [4.78, 5) is 47.7. The molecule has 0 bridgehead atoms. The Morgan fingerprint density at radius 3 is 2.52 bits per heavy atom. The molecular weight excluding hydrogens is 426 g/mol. The summed E-state index contributed by atoms with van der Waals surface area (Å²) in [6.45, 7) is 7.19. The van der Waals surface area contributed by atoms with Crippen molar-refractivity contribution in [1.29, 1.82) is 0 Å². The van der Waals surface area contributed by atoms with Gasteiger partial charge >= 0.3 is 6.09 Å². The molecule has 3 rings (SSSR count). The molecule has 10 nitrogen and oxygen atoms in total. The highest BCUT2D eigenvalue weighted by Crippen LogP contribution is 2.26. The van der Waals surface area contributed by atoms with Crippen LogP contribution in [0.2, 0.25) is 0 Å². The summed E-state index contributed by atoms with van der Waals surface area (Å²) in [5, 5.41) is 15.6. The number of pyridine rings is 1. The molecule has 1 aliphatic rings. The number of aromatic hydroxyl groups is 1. The van der Waals surface area contributed by atoms with Crippen LogP contribution in [0.25, 0.3) is 11.5 Å². The highest BCUT2D eigenvalue weighted by Gasteiger charge is 2.25. The van der Waals surface area contributed by atoms with Crippen molar-refractivity contribution in [3.63, 3.8) is 0 Å². The molecule has 2 heterocycles. The maximum absolute atomic E-state index is 12.8. The van der Waals surface area contributed by atoms with Crippen LogP contribution >= 0.6 is 0 Å². The van der Waals surface area contributed by atoms with E-state index in [1.807, 2.05) is 6.92 Å². The van der Waals surface area contributed by atoms with E-state index in [0.717, 1.165) is 25.7 Å². The molecule has 1 saturated carbocycles. The summed E-state index contributed by atoms with van der Waals surface area (Å²) in [7, 11) is 0. The summed E-state index contributed by atoms with van der Waals surface area (Å²) in [6.07, 6.45) is 6.29. The van der Waals surface area contributed by atoms with E-state index in [1.54, 1.807) is 26.8 Å². The second-order valence-electron chi connectivity index (χ2n) is 9.33. The number of ether oxygens (including phenoxy) is 1. The first-order valence-electron chi connectivity index (χ1n) is 11.1. The molecule has 0 aliphatic heterocycles. The zero-order valence-corrected chi connectivity index (χ0v) is 19.4. The number of amides is 2. The van der Waals surface area contributed by atoms with E-state index in [2.05, 4.69) is 25.6 Å². The van der Waals surface area contributed by atoms with Gasteiger partial charge in [0, 0.05) is 6.04 Å². The molecule has 10 heteroatoms. The molecule has 178 valence electrons. The molecule has 1 atom stereocenters. The van der Waals surface area contributed by atoms with Gasteiger partial charge in [-0.3, -0.25) is 19.9 Å². The predicted octanol–water partition coefficient (Wildman–Crippen LogP) is 3.58. The van der Waals surface area contributed by atoms with Crippen LogP contribution in [0.3, 0.4) is 0 Å². The lowest BCUT2D eigenvalue weighted by atomic mass is 9.84. The number of aromatic nitrogens is 3. The van der Waals surface area contributed by atoms with Gasteiger partial charge in [0.2, 0.25) is 5.75 Å². The van der Waals surface area contributed by atoms with E-state index < -0.39 is 28.9 Å². The lowest BCUT2D eigenvalue weighted by Gasteiger charge is -2.28. The van der Waals surface area contributed by atoms with Crippen LogP contribution in [0.4, 0.5) is 10.5 Å². The monoisotopic (exact) mass is 457 g/mol. The van der Waals surface area contributed by atoms with Crippen LogP contribution in [-0.4, -0.2) is 43.7 Å². The van der Waals surface area contributed by atoms with Gasteiger partial charge in [0.25, 0.3) is 11.5 Å². The van der Waals surface area contributed by atoms with Gasteiger partial charge in [0.15, 0.2) is 11.5 Å². The Bertz CT molecular complexity index is 1050. The Balaban J connectivity index is 1.75. The molecule has 1 fully saturated rings. The number of carbonyl (C=O) groups is 2. The normalized spacial score (nSPS) is 15.5. The molecular formula is C23H31N5O5. The molecule has 0 aromatic carbocycles. The number of hydrogen-bond acceptors (Lipinski definition) is 7. The van der Waals surface area contributed by atoms with Crippen molar-refractivity contribution in [2.75, 3.05) is 5.32 Å². The van der Waals surface area contributed by atoms with Gasteiger partial charge in [-0.25, -0.2) is 9.78 Å². The summed E-state index contributed by atoms with van der Waals surface area (Å²) < 4.78 is 5.19. The molecule has 0 unspecified atom stereocenters. The second-order valence-corrected chi connectivity index (χ2v) is 9.33.